The Bertz CT molecular complexity index is 103. The molecule has 1 unspecified atom stereocenters. The molecule has 1 saturated heterocycles. The average molecular weight is 143 g/mol. The zero-order valence-electron chi connectivity index (χ0n) is 7.05. The zero-order valence-corrected chi connectivity index (χ0v) is 7.05. The summed E-state index contributed by atoms with van der Waals surface area (Å²) < 4.78 is 5.39. The Balaban J connectivity index is 2.32. The van der Waals surface area contributed by atoms with Gasteiger partial charge in [-0.05, 0) is 12.8 Å². The molecule has 0 aromatic rings. The predicted octanol–water partition coefficient (Wildman–Crippen LogP) is 1.02. The van der Waals surface area contributed by atoms with Gasteiger partial charge in [0, 0.05) is 12.1 Å². The highest BCUT2D eigenvalue weighted by atomic mass is 16.5. The van der Waals surface area contributed by atoms with Crippen LogP contribution in [0.4, 0.5) is 0 Å². The van der Waals surface area contributed by atoms with Crippen molar-refractivity contribution in [3.05, 3.63) is 0 Å². The number of rotatable bonds is 1. The standard InChI is InChI=1S/C8H17NO/c1-6(2)8-5-10-4-7(3)9-8/h6-9H,4-5H2,1-3H3/t7-,8?/m0/s1. The number of hydrogen-bond acceptors (Lipinski definition) is 2. The van der Waals surface area contributed by atoms with Crippen LogP contribution < -0.4 is 5.32 Å². The second-order valence-electron chi connectivity index (χ2n) is 3.46. The third kappa shape index (κ3) is 1.96. The first kappa shape index (κ1) is 8.02. The molecule has 0 radical (unpaired) electrons. The molecule has 1 aliphatic rings. The molecule has 60 valence electrons. The molecule has 2 atom stereocenters. The van der Waals surface area contributed by atoms with Crippen molar-refractivity contribution in [1.82, 2.24) is 5.32 Å². The summed E-state index contributed by atoms with van der Waals surface area (Å²) in [6.45, 7) is 8.35. The summed E-state index contributed by atoms with van der Waals surface area (Å²) in [5, 5.41) is 3.49. The molecule has 1 fully saturated rings. The van der Waals surface area contributed by atoms with E-state index < -0.39 is 0 Å². The molecule has 0 saturated carbocycles. The lowest BCUT2D eigenvalue weighted by Gasteiger charge is -2.31. The third-order valence-electron chi connectivity index (χ3n) is 1.97. The van der Waals surface area contributed by atoms with Crippen molar-refractivity contribution < 1.29 is 4.74 Å². The third-order valence-corrected chi connectivity index (χ3v) is 1.97. The van der Waals surface area contributed by atoms with E-state index in [9.17, 15) is 0 Å². The van der Waals surface area contributed by atoms with Crippen molar-refractivity contribution in [2.24, 2.45) is 5.92 Å². The highest BCUT2D eigenvalue weighted by Gasteiger charge is 2.20. The van der Waals surface area contributed by atoms with Gasteiger partial charge in [-0.2, -0.15) is 0 Å². The molecule has 0 aromatic heterocycles. The van der Waals surface area contributed by atoms with Gasteiger partial charge in [-0.1, -0.05) is 13.8 Å². The van der Waals surface area contributed by atoms with E-state index in [4.69, 9.17) is 4.74 Å². The van der Waals surface area contributed by atoms with Crippen LogP contribution in [0.1, 0.15) is 20.8 Å². The molecule has 0 aromatic carbocycles. The minimum Gasteiger partial charge on any atom is -0.378 e. The fraction of sp³-hybridized carbons (Fsp3) is 1.00. The monoisotopic (exact) mass is 143 g/mol. The van der Waals surface area contributed by atoms with E-state index in [-0.39, 0.29) is 0 Å². The molecule has 0 bridgehead atoms. The van der Waals surface area contributed by atoms with Crippen LogP contribution in [-0.4, -0.2) is 25.3 Å². The Morgan fingerprint density at radius 2 is 2.10 bits per heavy atom. The molecule has 1 N–H and O–H groups in total. The highest BCUT2D eigenvalue weighted by Crippen LogP contribution is 2.07. The van der Waals surface area contributed by atoms with E-state index in [1.54, 1.807) is 0 Å². The van der Waals surface area contributed by atoms with E-state index in [1.165, 1.54) is 0 Å². The Morgan fingerprint density at radius 1 is 1.40 bits per heavy atom. The quantitative estimate of drug-likeness (QED) is 0.591. The first-order valence-electron chi connectivity index (χ1n) is 4.04. The Kier molecular flexibility index (Phi) is 2.69. The molecule has 2 heteroatoms. The van der Waals surface area contributed by atoms with Crippen LogP contribution in [0.25, 0.3) is 0 Å². The maximum Gasteiger partial charge on any atom is 0.0622 e. The lowest BCUT2D eigenvalue weighted by atomic mass is 10.0. The second-order valence-corrected chi connectivity index (χ2v) is 3.46. The van der Waals surface area contributed by atoms with Gasteiger partial charge in [0.25, 0.3) is 0 Å². The number of nitrogens with one attached hydrogen (secondary N) is 1. The Morgan fingerprint density at radius 3 is 2.50 bits per heavy atom. The van der Waals surface area contributed by atoms with Crippen LogP contribution in [0.15, 0.2) is 0 Å². The smallest absolute Gasteiger partial charge is 0.0622 e. The van der Waals surface area contributed by atoms with Gasteiger partial charge in [0.05, 0.1) is 13.2 Å². The number of hydrogen-bond donors (Lipinski definition) is 1. The normalized spacial score (nSPS) is 34.8. The summed E-state index contributed by atoms with van der Waals surface area (Å²) in [6, 6.07) is 1.09. The first-order valence-corrected chi connectivity index (χ1v) is 4.04. The lowest BCUT2D eigenvalue weighted by Crippen LogP contribution is -2.49. The van der Waals surface area contributed by atoms with Crippen molar-refractivity contribution >= 4 is 0 Å². The van der Waals surface area contributed by atoms with Crippen LogP contribution in [0, 0.1) is 5.92 Å². The van der Waals surface area contributed by atoms with Gasteiger partial charge in [0.1, 0.15) is 0 Å². The SMILES string of the molecule is CC(C)C1COC[C@H](C)N1. The van der Waals surface area contributed by atoms with E-state index in [0.29, 0.717) is 18.0 Å². The summed E-state index contributed by atoms with van der Waals surface area (Å²) in [7, 11) is 0. The Hall–Kier alpha value is -0.0800. The molecular weight excluding hydrogens is 126 g/mol. The van der Waals surface area contributed by atoms with E-state index in [1.807, 2.05) is 0 Å². The van der Waals surface area contributed by atoms with Crippen molar-refractivity contribution in [3.63, 3.8) is 0 Å². The summed E-state index contributed by atoms with van der Waals surface area (Å²) in [5.74, 6) is 0.683. The van der Waals surface area contributed by atoms with E-state index in [0.717, 1.165) is 13.2 Å². The minimum atomic E-state index is 0.529. The lowest BCUT2D eigenvalue weighted by molar-refractivity contribution is 0.0370. The average Bonchev–Trinajstić information content (AvgIpc) is 1.88. The molecule has 0 amide bonds. The maximum absolute atomic E-state index is 5.39. The molecule has 10 heavy (non-hydrogen) atoms. The summed E-state index contributed by atoms with van der Waals surface area (Å²) in [5.41, 5.74) is 0. The minimum absolute atomic E-state index is 0.529. The van der Waals surface area contributed by atoms with Crippen molar-refractivity contribution in [1.29, 1.82) is 0 Å². The van der Waals surface area contributed by atoms with Gasteiger partial charge in [-0.25, -0.2) is 0 Å². The van der Waals surface area contributed by atoms with Crippen LogP contribution in [0.2, 0.25) is 0 Å². The van der Waals surface area contributed by atoms with Crippen LogP contribution in [0.3, 0.4) is 0 Å². The van der Waals surface area contributed by atoms with Gasteiger partial charge in [0.15, 0.2) is 0 Å². The van der Waals surface area contributed by atoms with Gasteiger partial charge in [-0.3, -0.25) is 0 Å². The van der Waals surface area contributed by atoms with E-state index in [2.05, 4.69) is 26.1 Å². The molecule has 2 nitrogen and oxygen atoms in total. The second kappa shape index (κ2) is 3.35. The summed E-state index contributed by atoms with van der Waals surface area (Å²) in [4.78, 5) is 0. The van der Waals surface area contributed by atoms with Gasteiger partial charge < -0.3 is 10.1 Å². The molecule has 1 rings (SSSR count). The predicted molar refractivity (Wildman–Crippen MR) is 42.0 cm³/mol. The number of ether oxygens (including phenoxy) is 1. The van der Waals surface area contributed by atoms with Crippen molar-refractivity contribution in [3.8, 4) is 0 Å². The number of morpholine rings is 1. The van der Waals surface area contributed by atoms with Crippen LogP contribution in [-0.2, 0) is 4.74 Å². The molecular formula is C8H17NO. The molecule has 0 spiro atoms. The molecule has 1 aliphatic heterocycles. The van der Waals surface area contributed by atoms with Gasteiger partial charge in [0.2, 0.25) is 0 Å². The fourth-order valence-corrected chi connectivity index (χ4v) is 1.22. The summed E-state index contributed by atoms with van der Waals surface area (Å²) in [6.07, 6.45) is 0. The van der Waals surface area contributed by atoms with Gasteiger partial charge in [-0.15, -0.1) is 0 Å². The fourth-order valence-electron chi connectivity index (χ4n) is 1.22. The highest BCUT2D eigenvalue weighted by molar-refractivity contribution is 4.77. The van der Waals surface area contributed by atoms with E-state index >= 15 is 0 Å². The summed E-state index contributed by atoms with van der Waals surface area (Å²) >= 11 is 0. The largest absolute Gasteiger partial charge is 0.378 e. The van der Waals surface area contributed by atoms with Crippen LogP contribution in [0.5, 0.6) is 0 Å². The van der Waals surface area contributed by atoms with Crippen LogP contribution >= 0.6 is 0 Å². The molecule has 0 aliphatic carbocycles. The Labute approximate surface area is 63.0 Å². The van der Waals surface area contributed by atoms with Crippen molar-refractivity contribution in [2.45, 2.75) is 32.9 Å². The first-order chi connectivity index (χ1) is 4.70. The maximum atomic E-state index is 5.39. The molecule has 1 heterocycles. The van der Waals surface area contributed by atoms with Crippen molar-refractivity contribution in [2.75, 3.05) is 13.2 Å². The zero-order chi connectivity index (χ0) is 7.56. The topological polar surface area (TPSA) is 21.3 Å². The van der Waals surface area contributed by atoms with Gasteiger partial charge >= 0.3 is 0 Å².